The number of carbonyl (C=O) groups is 1. The third-order valence-electron chi connectivity index (χ3n) is 2.96. The van der Waals surface area contributed by atoms with Gasteiger partial charge in [0.25, 0.3) is 0 Å². The van der Waals surface area contributed by atoms with Gasteiger partial charge < -0.3 is 9.47 Å². The molecule has 2 rings (SSSR count). The average molecular weight is 335 g/mol. The number of methoxy groups -OCH3 is 1. The number of esters is 1. The number of carbonyl (C=O) groups excluding carboxylic acids is 1. The normalized spacial score (nSPS) is 10.2. The van der Waals surface area contributed by atoms with Crippen molar-refractivity contribution in [2.75, 3.05) is 7.11 Å². The summed E-state index contributed by atoms with van der Waals surface area (Å²) in [7, 11) is 1.36. The Morgan fingerprint density at radius 1 is 1.15 bits per heavy atom. The fourth-order valence-corrected chi connectivity index (χ4v) is 2.34. The molecule has 104 valence electrons. The SMILES string of the molecule is COC(=O)c1ccc(Oc2cccc(C)c2)c(C)c1Br. The number of hydrogen-bond donors (Lipinski definition) is 0. The van der Waals surface area contributed by atoms with Gasteiger partial charge in [-0.3, -0.25) is 0 Å². The van der Waals surface area contributed by atoms with E-state index in [4.69, 9.17) is 9.47 Å². The number of ether oxygens (including phenoxy) is 2. The van der Waals surface area contributed by atoms with Gasteiger partial charge in [0.15, 0.2) is 0 Å². The number of rotatable bonds is 3. The van der Waals surface area contributed by atoms with Crippen LogP contribution in [0.4, 0.5) is 0 Å². The first-order valence-corrected chi connectivity index (χ1v) is 6.94. The summed E-state index contributed by atoms with van der Waals surface area (Å²) in [4.78, 5) is 11.6. The summed E-state index contributed by atoms with van der Waals surface area (Å²) >= 11 is 3.42. The van der Waals surface area contributed by atoms with Crippen LogP contribution in [0.3, 0.4) is 0 Å². The molecular weight excluding hydrogens is 320 g/mol. The summed E-state index contributed by atoms with van der Waals surface area (Å²) in [6.07, 6.45) is 0. The van der Waals surface area contributed by atoms with Crippen LogP contribution >= 0.6 is 15.9 Å². The van der Waals surface area contributed by atoms with Crippen LogP contribution in [0.1, 0.15) is 21.5 Å². The molecule has 4 heteroatoms. The highest BCUT2D eigenvalue weighted by molar-refractivity contribution is 9.10. The topological polar surface area (TPSA) is 35.5 Å². The maximum Gasteiger partial charge on any atom is 0.339 e. The maximum atomic E-state index is 11.6. The van der Waals surface area contributed by atoms with Gasteiger partial charge in [0, 0.05) is 10.0 Å². The molecule has 0 atom stereocenters. The van der Waals surface area contributed by atoms with Crippen LogP contribution in [0.5, 0.6) is 11.5 Å². The predicted octanol–water partition coefficient (Wildman–Crippen LogP) is 4.64. The first-order chi connectivity index (χ1) is 9.52. The highest BCUT2D eigenvalue weighted by Gasteiger charge is 2.15. The Morgan fingerprint density at radius 3 is 2.55 bits per heavy atom. The molecule has 0 amide bonds. The molecule has 0 bridgehead atoms. The van der Waals surface area contributed by atoms with Crippen LogP contribution in [-0.4, -0.2) is 13.1 Å². The second kappa shape index (κ2) is 6.09. The van der Waals surface area contributed by atoms with E-state index in [2.05, 4.69) is 15.9 Å². The molecule has 0 spiro atoms. The molecule has 0 radical (unpaired) electrons. The van der Waals surface area contributed by atoms with Gasteiger partial charge in [-0.25, -0.2) is 4.79 Å². The van der Waals surface area contributed by atoms with E-state index in [0.29, 0.717) is 15.8 Å². The van der Waals surface area contributed by atoms with Crippen LogP contribution in [0.25, 0.3) is 0 Å². The van der Waals surface area contributed by atoms with Gasteiger partial charge in [-0.2, -0.15) is 0 Å². The Morgan fingerprint density at radius 2 is 1.90 bits per heavy atom. The summed E-state index contributed by atoms with van der Waals surface area (Å²) in [5.74, 6) is 1.10. The minimum Gasteiger partial charge on any atom is -0.465 e. The molecule has 0 aliphatic rings. The molecule has 2 aromatic rings. The Bertz CT molecular complexity index is 650. The summed E-state index contributed by atoms with van der Waals surface area (Å²) in [5.41, 5.74) is 2.47. The van der Waals surface area contributed by atoms with Crippen molar-refractivity contribution >= 4 is 21.9 Å². The van der Waals surface area contributed by atoms with Gasteiger partial charge in [0.1, 0.15) is 11.5 Å². The fraction of sp³-hybridized carbons (Fsp3) is 0.188. The number of halogens is 1. The molecule has 0 unspecified atom stereocenters. The van der Waals surface area contributed by atoms with Crippen LogP contribution in [0.15, 0.2) is 40.9 Å². The molecule has 0 saturated heterocycles. The van der Waals surface area contributed by atoms with Crippen molar-refractivity contribution in [3.05, 3.63) is 57.6 Å². The van der Waals surface area contributed by atoms with Crippen molar-refractivity contribution in [1.82, 2.24) is 0 Å². The zero-order valence-electron chi connectivity index (χ0n) is 11.6. The van der Waals surface area contributed by atoms with E-state index in [1.54, 1.807) is 12.1 Å². The molecule has 0 fully saturated rings. The van der Waals surface area contributed by atoms with E-state index in [1.165, 1.54) is 7.11 Å². The number of aryl methyl sites for hydroxylation is 1. The smallest absolute Gasteiger partial charge is 0.339 e. The van der Waals surface area contributed by atoms with Crippen molar-refractivity contribution in [2.24, 2.45) is 0 Å². The van der Waals surface area contributed by atoms with E-state index in [0.717, 1.165) is 16.9 Å². The van der Waals surface area contributed by atoms with Crippen LogP contribution in [0.2, 0.25) is 0 Å². The fourth-order valence-electron chi connectivity index (χ4n) is 1.85. The highest BCUT2D eigenvalue weighted by Crippen LogP contribution is 2.33. The Balaban J connectivity index is 2.35. The van der Waals surface area contributed by atoms with E-state index < -0.39 is 0 Å². The van der Waals surface area contributed by atoms with E-state index in [1.807, 2.05) is 38.1 Å². The van der Waals surface area contributed by atoms with Crippen molar-refractivity contribution in [3.8, 4) is 11.5 Å². The molecule has 0 aliphatic heterocycles. The Hall–Kier alpha value is -1.81. The Labute approximate surface area is 126 Å². The zero-order chi connectivity index (χ0) is 14.7. The molecule has 3 nitrogen and oxygen atoms in total. The zero-order valence-corrected chi connectivity index (χ0v) is 13.2. The van der Waals surface area contributed by atoms with Crippen molar-refractivity contribution in [1.29, 1.82) is 0 Å². The summed E-state index contributed by atoms with van der Waals surface area (Å²) in [6, 6.07) is 11.3. The lowest BCUT2D eigenvalue weighted by Crippen LogP contribution is -2.03. The lowest BCUT2D eigenvalue weighted by Gasteiger charge is -2.12. The average Bonchev–Trinajstić information content (AvgIpc) is 2.43. The number of benzene rings is 2. The molecular formula is C16H15BrO3. The summed E-state index contributed by atoms with van der Waals surface area (Å²) in [5, 5.41) is 0. The molecule has 0 aromatic heterocycles. The van der Waals surface area contributed by atoms with Gasteiger partial charge in [0.2, 0.25) is 0 Å². The third-order valence-corrected chi connectivity index (χ3v) is 3.98. The molecule has 0 aliphatic carbocycles. The van der Waals surface area contributed by atoms with E-state index in [9.17, 15) is 4.79 Å². The van der Waals surface area contributed by atoms with Crippen LogP contribution < -0.4 is 4.74 Å². The minimum atomic E-state index is -0.373. The lowest BCUT2D eigenvalue weighted by molar-refractivity contribution is 0.0599. The van der Waals surface area contributed by atoms with Crippen molar-refractivity contribution in [3.63, 3.8) is 0 Å². The maximum absolute atomic E-state index is 11.6. The molecule has 0 heterocycles. The monoisotopic (exact) mass is 334 g/mol. The highest BCUT2D eigenvalue weighted by atomic mass is 79.9. The van der Waals surface area contributed by atoms with E-state index >= 15 is 0 Å². The van der Waals surface area contributed by atoms with Crippen LogP contribution in [0, 0.1) is 13.8 Å². The standard InChI is InChI=1S/C16H15BrO3/c1-10-5-4-6-12(9-10)20-14-8-7-13(16(18)19-3)15(17)11(14)2/h4-9H,1-3H3. The summed E-state index contributed by atoms with van der Waals surface area (Å²) < 4.78 is 11.3. The van der Waals surface area contributed by atoms with Crippen molar-refractivity contribution < 1.29 is 14.3 Å². The van der Waals surface area contributed by atoms with Gasteiger partial charge in [-0.15, -0.1) is 0 Å². The van der Waals surface area contributed by atoms with Gasteiger partial charge >= 0.3 is 5.97 Å². The van der Waals surface area contributed by atoms with E-state index in [-0.39, 0.29) is 5.97 Å². The minimum absolute atomic E-state index is 0.373. The quantitative estimate of drug-likeness (QED) is 0.766. The lowest BCUT2D eigenvalue weighted by atomic mass is 10.1. The molecule has 2 aromatic carbocycles. The first-order valence-electron chi connectivity index (χ1n) is 6.15. The van der Waals surface area contributed by atoms with Crippen LogP contribution in [-0.2, 0) is 4.74 Å². The van der Waals surface area contributed by atoms with Gasteiger partial charge in [-0.1, -0.05) is 12.1 Å². The predicted molar refractivity (Wildman–Crippen MR) is 81.5 cm³/mol. The second-order valence-corrected chi connectivity index (χ2v) is 5.25. The third kappa shape index (κ3) is 3.02. The summed E-state index contributed by atoms with van der Waals surface area (Å²) in [6.45, 7) is 3.90. The first kappa shape index (κ1) is 14.6. The molecule has 0 saturated carbocycles. The molecule has 0 N–H and O–H groups in total. The van der Waals surface area contributed by atoms with Crippen molar-refractivity contribution in [2.45, 2.75) is 13.8 Å². The Kier molecular flexibility index (Phi) is 4.45. The molecule has 20 heavy (non-hydrogen) atoms. The largest absolute Gasteiger partial charge is 0.465 e. The van der Waals surface area contributed by atoms with Gasteiger partial charge in [-0.05, 0) is 59.6 Å². The second-order valence-electron chi connectivity index (χ2n) is 4.46. The number of hydrogen-bond acceptors (Lipinski definition) is 3. The van der Waals surface area contributed by atoms with Gasteiger partial charge in [0.05, 0.1) is 12.7 Å².